The van der Waals surface area contributed by atoms with Crippen molar-refractivity contribution >= 4 is 17.8 Å². The summed E-state index contributed by atoms with van der Waals surface area (Å²) >= 11 is 0. The number of carbonyl (C=O) groups is 1. The Bertz CT molecular complexity index is 745. The lowest BCUT2D eigenvalue weighted by atomic mass is 10.1. The fourth-order valence-electron chi connectivity index (χ4n) is 2.22. The fourth-order valence-corrected chi connectivity index (χ4v) is 2.22. The highest BCUT2D eigenvalue weighted by Gasteiger charge is 2.39. The summed E-state index contributed by atoms with van der Waals surface area (Å²) in [5.74, 6) is -0.944. The maximum Gasteiger partial charge on any atom is 0.373 e. The summed E-state index contributed by atoms with van der Waals surface area (Å²) in [5.41, 5.74) is -0.0295. The molecule has 1 aliphatic heterocycles. The molecule has 1 aliphatic rings. The molecule has 29 heavy (non-hydrogen) atoms. The number of hydrogen-bond donors (Lipinski definition) is 3. The summed E-state index contributed by atoms with van der Waals surface area (Å²) in [6.45, 7) is 2.91. The number of nitro groups is 1. The predicted octanol–water partition coefficient (Wildman–Crippen LogP) is -0.472. The number of nitrogens with zero attached hydrogens (tertiary/aromatic N) is 1. The monoisotopic (exact) mass is 415 g/mol. The molecule has 0 spiro atoms. The van der Waals surface area contributed by atoms with Crippen LogP contribution in [-0.2, 0) is 30.5 Å². The fraction of sp³-hybridized carbons (Fsp3) is 0.529. The van der Waals surface area contributed by atoms with Gasteiger partial charge in [-0.15, -0.1) is 0 Å². The zero-order valence-electron chi connectivity index (χ0n) is 15.6. The third-order valence-corrected chi connectivity index (χ3v) is 3.77. The molecule has 0 bridgehead atoms. The number of benzene rings is 1. The van der Waals surface area contributed by atoms with Gasteiger partial charge in [0.2, 0.25) is 6.29 Å². The number of rotatable bonds is 6. The number of esters is 1. The quantitative estimate of drug-likeness (QED) is 0.310. The molecule has 0 unspecified atom stereocenters. The van der Waals surface area contributed by atoms with E-state index in [1.807, 2.05) is 0 Å². The highest BCUT2D eigenvalue weighted by Crippen LogP contribution is 2.31. The van der Waals surface area contributed by atoms with Crippen LogP contribution in [0.3, 0.4) is 0 Å². The lowest BCUT2D eigenvalue weighted by Gasteiger charge is -2.34. The topological polar surface area (TPSA) is 183 Å². The standard InChI is InChI=1S/C16H21NO9.CO2/c1-8(2)15(21)24-6-9-3-4-12(10(5-9)17(22)23)26-16-14(20)13(19)11(18)7-25-16;2-1-3/h3-5,8,11,13-14,16,18-20H,6-7H2,1-2H3;/t11-,13+,14-,16+;/m1./s1. The molecule has 160 valence electrons. The summed E-state index contributed by atoms with van der Waals surface area (Å²) in [6.07, 6.45) is -5.48. The number of aliphatic hydroxyl groups excluding tert-OH is 3. The lowest BCUT2D eigenvalue weighted by molar-refractivity contribution is -0.386. The Kier molecular flexibility index (Phi) is 9.32. The van der Waals surface area contributed by atoms with Gasteiger partial charge < -0.3 is 29.5 Å². The second-order valence-corrected chi connectivity index (χ2v) is 6.27. The summed E-state index contributed by atoms with van der Waals surface area (Å²) in [4.78, 5) is 38.3. The lowest BCUT2D eigenvalue weighted by Crippen LogP contribution is -2.54. The van der Waals surface area contributed by atoms with Crippen molar-refractivity contribution in [3.8, 4) is 5.75 Å². The minimum Gasteiger partial charge on any atom is -0.461 e. The molecule has 0 aromatic heterocycles. The van der Waals surface area contributed by atoms with Crippen molar-refractivity contribution in [1.82, 2.24) is 0 Å². The van der Waals surface area contributed by atoms with Crippen LogP contribution < -0.4 is 4.74 Å². The summed E-state index contributed by atoms with van der Waals surface area (Å²) < 4.78 is 15.4. The van der Waals surface area contributed by atoms with Gasteiger partial charge >= 0.3 is 17.8 Å². The van der Waals surface area contributed by atoms with Crippen molar-refractivity contribution in [2.75, 3.05) is 6.61 Å². The molecular weight excluding hydrogens is 394 g/mol. The van der Waals surface area contributed by atoms with Gasteiger partial charge in [-0.25, -0.2) is 0 Å². The van der Waals surface area contributed by atoms with E-state index in [0.29, 0.717) is 5.56 Å². The molecule has 1 heterocycles. The van der Waals surface area contributed by atoms with Crippen LogP contribution >= 0.6 is 0 Å². The Labute approximate surface area is 164 Å². The molecule has 1 aromatic carbocycles. The zero-order valence-corrected chi connectivity index (χ0v) is 15.6. The maximum absolute atomic E-state index is 11.5. The second kappa shape index (κ2) is 11.2. The predicted molar refractivity (Wildman–Crippen MR) is 91.1 cm³/mol. The molecule has 12 heteroatoms. The molecule has 0 amide bonds. The van der Waals surface area contributed by atoms with Crippen LogP contribution in [0.4, 0.5) is 5.69 Å². The van der Waals surface area contributed by atoms with E-state index in [1.165, 1.54) is 18.2 Å². The van der Waals surface area contributed by atoms with Gasteiger partial charge in [0, 0.05) is 6.07 Å². The Morgan fingerprint density at radius 1 is 1.31 bits per heavy atom. The number of hydrogen-bond acceptors (Lipinski definition) is 11. The Morgan fingerprint density at radius 2 is 1.93 bits per heavy atom. The molecule has 2 rings (SSSR count). The zero-order chi connectivity index (χ0) is 22.1. The third kappa shape index (κ3) is 6.89. The van der Waals surface area contributed by atoms with Gasteiger partial charge in [-0.3, -0.25) is 14.9 Å². The first-order chi connectivity index (χ1) is 13.6. The van der Waals surface area contributed by atoms with E-state index in [4.69, 9.17) is 23.8 Å². The van der Waals surface area contributed by atoms with Crippen molar-refractivity contribution in [3.05, 3.63) is 33.9 Å². The van der Waals surface area contributed by atoms with Crippen LogP contribution in [0.2, 0.25) is 0 Å². The summed E-state index contributed by atoms with van der Waals surface area (Å²) in [5, 5.41) is 40.2. The van der Waals surface area contributed by atoms with Crippen LogP contribution in [0.15, 0.2) is 18.2 Å². The minimum absolute atomic E-state index is 0.133. The van der Waals surface area contributed by atoms with Gasteiger partial charge in [0.25, 0.3) is 0 Å². The largest absolute Gasteiger partial charge is 0.461 e. The highest BCUT2D eigenvalue weighted by molar-refractivity contribution is 5.71. The van der Waals surface area contributed by atoms with E-state index in [-0.39, 0.29) is 31.0 Å². The van der Waals surface area contributed by atoms with E-state index in [0.717, 1.165) is 0 Å². The van der Waals surface area contributed by atoms with Gasteiger partial charge in [-0.05, 0) is 11.6 Å². The first-order valence-electron chi connectivity index (χ1n) is 8.38. The number of aliphatic hydroxyl groups is 3. The number of ether oxygens (including phenoxy) is 3. The van der Waals surface area contributed by atoms with E-state index in [9.17, 15) is 30.2 Å². The van der Waals surface area contributed by atoms with Crippen molar-refractivity contribution < 1.29 is 48.8 Å². The van der Waals surface area contributed by atoms with E-state index < -0.39 is 41.2 Å². The molecular formula is C17H21NO11. The van der Waals surface area contributed by atoms with Crippen molar-refractivity contribution in [2.24, 2.45) is 5.92 Å². The summed E-state index contributed by atoms with van der Waals surface area (Å²) in [7, 11) is 0. The van der Waals surface area contributed by atoms with Gasteiger partial charge in [0.15, 0.2) is 5.75 Å². The molecule has 0 saturated carbocycles. The molecule has 0 radical (unpaired) electrons. The normalized spacial score (nSPS) is 23.4. The highest BCUT2D eigenvalue weighted by atomic mass is 16.7. The molecule has 1 saturated heterocycles. The van der Waals surface area contributed by atoms with Gasteiger partial charge in [-0.1, -0.05) is 19.9 Å². The molecule has 0 aliphatic carbocycles. The van der Waals surface area contributed by atoms with Crippen LogP contribution in [0.1, 0.15) is 19.4 Å². The number of carbonyl (C=O) groups excluding carboxylic acids is 3. The van der Waals surface area contributed by atoms with Crippen LogP contribution in [-0.4, -0.2) is 63.6 Å². The summed E-state index contributed by atoms with van der Waals surface area (Å²) in [6, 6.07) is 3.93. The average Bonchev–Trinajstić information content (AvgIpc) is 2.67. The third-order valence-electron chi connectivity index (χ3n) is 3.77. The van der Waals surface area contributed by atoms with Crippen molar-refractivity contribution in [3.63, 3.8) is 0 Å². The average molecular weight is 415 g/mol. The smallest absolute Gasteiger partial charge is 0.373 e. The van der Waals surface area contributed by atoms with Gasteiger partial charge in [0.1, 0.15) is 24.9 Å². The molecule has 4 atom stereocenters. The van der Waals surface area contributed by atoms with E-state index in [1.54, 1.807) is 13.8 Å². The van der Waals surface area contributed by atoms with Crippen molar-refractivity contribution in [1.29, 1.82) is 0 Å². The number of nitro benzene ring substituents is 1. The van der Waals surface area contributed by atoms with Crippen LogP contribution in [0.5, 0.6) is 5.75 Å². The van der Waals surface area contributed by atoms with Crippen LogP contribution in [0.25, 0.3) is 0 Å². The maximum atomic E-state index is 11.5. The van der Waals surface area contributed by atoms with Gasteiger partial charge in [-0.2, -0.15) is 9.59 Å². The molecule has 1 fully saturated rings. The first-order valence-corrected chi connectivity index (χ1v) is 8.38. The van der Waals surface area contributed by atoms with E-state index >= 15 is 0 Å². The van der Waals surface area contributed by atoms with Crippen LogP contribution in [0, 0.1) is 16.0 Å². The molecule has 3 N–H and O–H groups in total. The van der Waals surface area contributed by atoms with Gasteiger partial charge in [0.05, 0.1) is 17.4 Å². The van der Waals surface area contributed by atoms with Crippen molar-refractivity contribution in [2.45, 2.75) is 45.1 Å². The molecule has 1 aromatic rings. The minimum atomic E-state index is -1.58. The Morgan fingerprint density at radius 3 is 2.48 bits per heavy atom. The Balaban J connectivity index is 0.00000132. The molecule has 12 nitrogen and oxygen atoms in total. The van der Waals surface area contributed by atoms with E-state index in [2.05, 4.69) is 0 Å². The SMILES string of the molecule is CC(C)C(=O)OCc1ccc(O[C@@H]2OC[C@@H](O)[C@H](O)[C@H]2O)c([N+](=O)[O-])c1.O=C=O. The Hall–Kier alpha value is -2.89. The second-order valence-electron chi connectivity index (χ2n) is 6.27. The first kappa shape index (κ1) is 24.1.